The molecule has 1 heterocycles. The molecular weight excluding hydrogens is 338 g/mol. The normalized spacial score (nSPS) is 16.1. The third kappa shape index (κ3) is 2.80. The maximum absolute atomic E-state index is 2.52. The van der Waals surface area contributed by atoms with Crippen LogP contribution in [0.4, 0.5) is 0 Å². The molecule has 0 aliphatic heterocycles. The SMILES string of the molecule is Cc1c[n+](C)c(-c2c(C)ccc3c2Cc2ccccc2-3)cc1C1CCCCC1. The first-order valence-corrected chi connectivity index (χ1v) is 10.8. The molecule has 0 saturated heterocycles. The van der Waals surface area contributed by atoms with E-state index in [0.29, 0.717) is 0 Å². The molecule has 1 nitrogen and oxygen atoms in total. The second-order valence-electron chi connectivity index (χ2n) is 8.86. The van der Waals surface area contributed by atoms with Crippen molar-refractivity contribution in [3.8, 4) is 22.4 Å². The molecule has 3 aromatic rings. The predicted octanol–water partition coefficient (Wildman–Crippen LogP) is 6.41. The van der Waals surface area contributed by atoms with Crippen LogP contribution in [0.5, 0.6) is 0 Å². The quantitative estimate of drug-likeness (QED) is 0.360. The van der Waals surface area contributed by atoms with E-state index in [0.717, 1.165) is 12.3 Å². The topological polar surface area (TPSA) is 3.88 Å². The van der Waals surface area contributed by atoms with Gasteiger partial charge in [0.1, 0.15) is 7.05 Å². The molecule has 0 radical (unpaired) electrons. The van der Waals surface area contributed by atoms with Gasteiger partial charge >= 0.3 is 0 Å². The minimum absolute atomic E-state index is 0.739. The van der Waals surface area contributed by atoms with Gasteiger partial charge in [0.2, 0.25) is 5.69 Å². The molecule has 0 spiro atoms. The third-order valence-corrected chi connectivity index (χ3v) is 7.01. The Balaban J connectivity index is 1.68. The van der Waals surface area contributed by atoms with Crippen molar-refractivity contribution in [1.29, 1.82) is 0 Å². The number of hydrogen-bond donors (Lipinski definition) is 0. The fraction of sp³-hybridized carbons (Fsp3) is 0.370. The van der Waals surface area contributed by atoms with Crippen molar-refractivity contribution in [1.82, 2.24) is 0 Å². The zero-order chi connectivity index (χ0) is 19.3. The number of aromatic nitrogens is 1. The van der Waals surface area contributed by atoms with Crippen LogP contribution in [0, 0.1) is 13.8 Å². The van der Waals surface area contributed by atoms with E-state index in [9.17, 15) is 0 Å². The van der Waals surface area contributed by atoms with Gasteiger partial charge in [0.05, 0.1) is 5.56 Å². The first kappa shape index (κ1) is 17.7. The molecule has 0 amide bonds. The van der Waals surface area contributed by atoms with E-state index < -0.39 is 0 Å². The molecule has 1 aromatic heterocycles. The molecule has 1 fully saturated rings. The van der Waals surface area contributed by atoms with Gasteiger partial charge in [0, 0.05) is 11.6 Å². The third-order valence-electron chi connectivity index (χ3n) is 7.01. The van der Waals surface area contributed by atoms with Crippen LogP contribution in [0.3, 0.4) is 0 Å². The van der Waals surface area contributed by atoms with Gasteiger partial charge in [0.25, 0.3) is 0 Å². The number of hydrogen-bond acceptors (Lipinski definition) is 0. The van der Waals surface area contributed by atoms with E-state index in [-0.39, 0.29) is 0 Å². The lowest BCUT2D eigenvalue weighted by atomic mass is 9.82. The van der Waals surface area contributed by atoms with Crippen molar-refractivity contribution >= 4 is 0 Å². The van der Waals surface area contributed by atoms with Crippen LogP contribution in [-0.4, -0.2) is 0 Å². The van der Waals surface area contributed by atoms with Crippen LogP contribution in [0.2, 0.25) is 0 Å². The number of fused-ring (bicyclic) bond motifs is 3. The molecule has 0 N–H and O–H groups in total. The molecule has 2 aromatic carbocycles. The lowest BCUT2D eigenvalue weighted by Gasteiger charge is -2.23. The molecule has 0 atom stereocenters. The average Bonchev–Trinajstić information content (AvgIpc) is 3.08. The van der Waals surface area contributed by atoms with E-state index in [1.54, 1.807) is 5.56 Å². The lowest BCUT2D eigenvalue weighted by molar-refractivity contribution is -0.660. The Labute approximate surface area is 169 Å². The van der Waals surface area contributed by atoms with E-state index in [1.807, 2.05) is 0 Å². The molecule has 142 valence electrons. The predicted molar refractivity (Wildman–Crippen MR) is 117 cm³/mol. The van der Waals surface area contributed by atoms with Crippen LogP contribution in [-0.2, 0) is 13.5 Å². The number of nitrogens with zero attached hydrogens (tertiary/aromatic N) is 1. The molecule has 1 heteroatoms. The molecule has 28 heavy (non-hydrogen) atoms. The van der Waals surface area contributed by atoms with E-state index >= 15 is 0 Å². The first-order valence-electron chi connectivity index (χ1n) is 10.8. The standard InChI is InChI=1S/C27H30N/c1-18-13-14-23-22-12-8-7-11-21(22)15-25(23)27(18)26-16-24(19(2)17-28(26)3)20-9-5-4-6-10-20/h7-8,11-14,16-17,20H,4-6,9-10,15H2,1-3H3/q+1. The number of aryl methyl sites for hydroxylation is 3. The van der Waals surface area contributed by atoms with Crippen molar-refractivity contribution in [3.05, 3.63) is 76.5 Å². The van der Waals surface area contributed by atoms with Crippen molar-refractivity contribution in [2.24, 2.45) is 7.05 Å². The van der Waals surface area contributed by atoms with Gasteiger partial charge in [-0.25, -0.2) is 4.57 Å². The van der Waals surface area contributed by atoms with E-state index in [4.69, 9.17) is 0 Å². The summed E-state index contributed by atoms with van der Waals surface area (Å²) in [6.07, 6.45) is 10.3. The molecule has 0 bridgehead atoms. The Morgan fingerprint density at radius 2 is 1.64 bits per heavy atom. The minimum atomic E-state index is 0.739. The zero-order valence-electron chi connectivity index (χ0n) is 17.4. The van der Waals surface area contributed by atoms with Gasteiger partial charge in [-0.3, -0.25) is 0 Å². The van der Waals surface area contributed by atoms with Crippen molar-refractivity contribution in [3.63, 3.8) is 0 Å². The van der Waals surface area contributed by atoms with Gasteiger partial charge in [-0.2, -0.15) is 0 Å². The van der Waals surface area contributed by atoms with Crippen molar-refractivity contribution < 1.29 is 4.57 Å². The van der Waals surface area contributed by atoms with Crippen LogP contribution >= 0.6 is 0 Å². The van der Waals surface area contributed by atoms with E-state index in [2.05, 4.69) is 74.1 Å². The van der Waals surface area contributed by atoms with Gasteiger partial charge in [-0.15, -0.1) is 0 Å². The average molecular weight is 369 g/mol. The Morgan fingerprint density at radius 1 is 0.857 bits per heavy atom. The second kappa shape index (κ2) is 6.88. The Hall–Kier alpha value is -2.41. The molecule has 2 aliphatic rings. The van der Waals surface area contributed by atoms with Crippen molar-refractivity contribution in [2.45, 2.75) is 58.3 Å². The number of pyridine rings is 1. The maximum Gasteiger partial charge on any atom is 0.213 e. The fourth-order valence-corrected chi connectivity index (χ4v) is 5.58. The van der Waals surface area contributed by atoms with Gasteiger partial charge in [-0.1, -0.05) is 55.7 Å². The summed E-state index contributed by atoms with van der Waals surface area (Å²) in [4.78, 5) is 0. The summed E-state index contributed by atoms with van der Waals surface area (Å²) >= 11 is 0. The summed E-state index contributed by atoms with van der Waals surface area (Å²) in [5, 5.41) is 0. The summed E-state index contributed by atoms with van der Waals surface area (Å²) in [7, 11) is 2.22. The molecular formula is C27H30N+. The molecule has 1 saturated carbocycles. The summed E-state index contributed by atoms with van der Waals surface area (Å²) in [6, 6.07) is 16.1. The summed E-state index contributed by atoms with van der Waals surface area (Å²) < 4.78 is 2.35. The highest BCUT2D eigenvalue weighted by Crippen LogP contribution is 2.43. The first-order chi connectivity index (χ1) is 13.6. The Morgan fingerprint density at radius 3 is 2.46 bits per heavy atom. The van der Waals surface area contributed by atoms with Gasteiger partial charge < -0.3 is 0 Å². The van der Waals surface area contributed by atoms with Crippen LogP contribution in [0.25, 0.3) is 22.4 Å². The van der Waals surface area contributed by atoms with Crippen LogP contribution in [0.15, 0.2) is 48.7 Å². The second-order valence-corrected chi connectivity index (χ2v) is 8.86. The highest BCUT2D eigenvalue weighted by atomic mass is 14.9. The smallest absolute Gasteiger partial charge is 0.201 e. The molecule has 5 rings (SSSR count). The largest absolute Gasteiger partial charge is 0.213 e. The summed E-state index contributed by atoms with van der Waals surface area (Å²) in [6.45, 7) is 4.57. The van der Waals surface area contributed by atoms with Gasteiger partial charge in [-0.05, 0) is 72.4 Å². The fourth-order valence-electron chi connectivity index (χ4n) is 5.58. The van der Waals surface area contributed by atoms with Crippen molar-refractivity contribution in [2.75, 3.05) is 0 Å². The van der Waals surface area contributed by atoms with Gasteiger partial charge in [0.15, 0.2) is 6.20 Å². The van der Waals surface area contributed by atoms with Crippen LogP contribution in [0.1, 0.15) is 65.8 Å². The van der Waals surface area contributed by atoms with E-state index in [1.165, 1.54) is 76.7 Å². The highest BCUT2D eigenvalue weighted by molar-refractivity contribution is 5.85. The number of rotatable bonds is 2. The summed E-state index contributed by atoms with van der Waals surface area (Å²) in [5.74, 6) is 0.739. The minimum Gasteiger partial charge on any atom is -0.201 e. The lowest BCUT2D eigenvalue weighted by Crippen LogP contribution is -2.32. The Kier molecular flexibility index (Phi) is 4.34. The summed E-state index contributed by atoms with van der Waals surface area (Å²) in [5.41, 5.74) is 13.1. The Bertz CT molecular complexity index is 1050. The maximum atomic E-state index is 2.52. The zero-order valence-corrected chi connectivity index (χ0v) is 17.4. The molecule has 2 aliphatic carbocycles. The van der Waals surface area contributed by atoms with Crippen LogP contribution < -0.4 is 4.57 Å². The highest BCUT2D eigenvalue weighted by Gasteiger charge is 2.28. The monoisotopic (exact) mass is 368 g/mol. The molecule has 0 unspecified atom stereocenters. The number of benzene rings is 2.